The van der Waals surface area contributed by atoms with Crippen LogP contribution in [0.4, 0.5) is 0 Å². The number of rotatable bonds is 3. The molecular formula is C8H14Cl2N2O. The number of halogens is 2. The van der Waals surface area contributed by atoms with E-state index in [1.54, 1.807) is 6.20 Å². The molecule has 13 heavy (non-hydrogen) atoms. The number of hydrogen-bond donors (Lipinski definition) is 1. The lowest BCUT2D eigenvalue weighted by Gasteiger charge is -2.02. The SMILES string of the molecule is Cc1ccc(OCCN)cn1.Cl.Cl. The van der Waals surface area contributed by atoms with Gasteiger partial charge in [-0.05, 0) is 19.1 Å². The van der Waals surface area contributed by atoms with E-state index in [0.717, 1.165) is 11.4 Å². The number of nitrogens with two attached hydrogens (primary N) is 1. The molecular weight excluding hydrogens is 211 g/mol. The van der Waals surface area contributed by atoms with Gasteiger partial charge in [0, 0.05) is 12.2 Å². The standard InChI is InChI=1S/C8H12N2O.2ClH/c1-7-2-3-8(6-10-7)11-5-4-9;;/h2-3,6H,4-5,9H2,1H3;2*1H. The molecule has 0 bridgehead atoms. The van der Waals surface area contributed by atoms with E-state index in [1.807, 2.05) is 19.1 Å². The number of nitrogens with zero attached hydrogens (tertiary/aromatic N) is 1. The van der Waals surface area contributed by atoms with Crippen LogP contribution in [0.25, 0.3) is 0 Å². The molecule has 1 aromatic rings. The first-order valence-corrected chi connectivity index (χ1v) is 3.58. The second kappa shape index (κ2) is 8.10. The third kappa shape index (κ3) is 5.69. The van der Waals surface area contributed by atoms with Crippen molar-refractivity contribution >= 4 is 24.8 Å². The summed E-state index contributed by atoms with van der Waals surface area (Å²) < 4.78 is 5.22. The predicted octanol–water partition coefficient (Wildman–Crippen LogP) is 1.57. The molecule has 0 aliphatic heterocycles. The maximum absolute atomic E-state index is 5.26. The summed E-state index contributed by atoms with van der Waals surface area (Å²) in [4.78, 5) is 4.07. The zero-order chi connectivity index (χ0) is 8.10. The first-order valence-electron chi connectivity index (χ1n) is 3.58. The molecule has 0 atom stereocenters. The molecule has 2 N–H and O–H groups in total. The minimum atomic E-state index is 0. The fraction of sp³-hybridized carbons (Fsp3) is 0.375. The summed E-state index contributed by atoms with van der Waals surface area (Å²) in [5, 5.41) is 0. The van der Waals surface area contributed by atoms with Crippen LogP contribution in [0.2, 0.25) is 0 Å². The molecule has 0 aliphatic carbocycles. The van der Waals surface area contributed by atoms with Gasteiger partial charge in [-0.2, -0.15) is 0 Å². The van der Waals surface area contributed by atoms with Crippen LogP contribution in [-0.4, -0.2) is 18.1 Å². The van der Waals surface area contributed by atoms with Crippen molar-refractivity contribution in [1.29, 1.82) is 0 Å². The van der Waals surface area contributed by atoms with Gasteiger partial charge in [0.1, 0.15) is 12.4 Å². The van der Waals surface area contributed by atoms with Crippen LogP contribution in [0.1, 0.15) is 5.69 Å². The van der Waals surface area contributed by atoms with Crippen molar-refractivity contribution in [2.75, 3.05) is 13.2 Å². The lowest BCUT2D eigenvalue weighted by molar-refractivity contribution is 0.327. The normalized spacial score (nSPS) is 8.15. The summed E-state index contributed by atoms with van der Waals surface area (Å²) in [6.07, 6.45) is 1.70. The molecule has 3 nitrogen and oxygen atoms in total. The third-order valence-electron chi connectivity index (χ3n) is 1.27. The molecule has 0 amide bonds. The van der Waals surface area contributed by atoms with Crippen LogP contribution in [0.5, 0.6) is 5.75 Å². The minimum absolute atomic E-state index is 0. The van der Waals surface area contributed by atoms with Gasteiger partial charge in [-0.1, -0.05) is 0 Å². The smallest absolute Gasteiger partial charge is 0.137 e. The van der Waals surface area contributed by atoms with E-state index in [-0.39, 0.29) is 24.8 Å². The molecule has 0 radical (unpaired) electrons. The summed E-state index contributed by atoms with van der Waals surface area (Å²) in [7, 11) is 0. The molecule has 5 heteroatoms. The van der Waals surface area contributed by atoms with E-state index in [0.29, 0.717) is 13.2 Å². The average Bonchev–Trinajstić information content (AvgIpc) is 2.04. The van der Waals surface area contributed by atoms with Crippen LogP contribution in [0, 0.1) is 6.92 Å². The van der Waals surface area contributed by atoms with Gasteiger partial charge >= 0.3 is 0 Å². The molecule has 0 saturated carbocycles. The Morgan fingerprint density at radius 1 is 1.38 bits per heavy atom. The highest BCUT2D eigenvalue weighted by atomic mass is 35.5. The van der Waals surface area contributed by atoms with Crippen LogP contribution < -0.4 is 10.5 Å². The highest BCUT2D eigenvalue weighted by Gasteiger charge is 1.90. The van der Waals surface area contributed by atoms with Crippen LogP contribution in [0.3, 0.4) is 0 Å². The number of ether oxygens (including phenoxy) is 1. The maximum atomic E-state index is 5.26. The fourth-order valence-corrected chi connectivity index (χ4v) is 0.716. The molecule has 0 fully saturated rings. The van der Waals surface area contributed by atoms with Gasteiger partial charge in [-0.15, -0.1) is 24.8 Å². The van der Waals surface area contributed by atoms with Gasteiger partial charge in [-0.3, -0.25) is 4.98 Å². The van der Waals surface area contributed by atoms with Gasteiger partial charge in [0.05, 0.1) is 6.20 Å². The van der Waals surface area contributed by atoms with E-state index >= 15 is 0 Å². The summed E-state index contributed by atoms with van der Waals surface area (Å²) >= 11 is 0. The van der Waals surface area contributed by atoms with Gasteiger partial charge in [-0.25, -0.2) is 0 Å². The Hall–Kier alpha value is -0.510. The quantitative estimate of drug-likeness (QED) is 0.849. The summed E-state index contributed by atoms with van der Waals surface area (Å²) in [6.45, 7) is 3.02. The molecule has 0 saturated heterocycles. The zero-order valence-electron chi connectivity index (χ0n) is 7.40. The molecule has 0 spiro atoms. The van der Waals surface area contributed by atoms with Gasteiger partial charge in [0.25, 0.3) is 0 Å². The Morgan fingerprint density at radius 2 is 2.08 bits per heavy atom. The molecule has 1 rings (SSSR count). The first kappa shape index (κ1) is 15.0. The predicted molar refractivity (Wildman–Crippen MR) is 58.0 cm³/mol. The number of pyridine rings is 1. The Labute approximate surface area is 90.5 Å². The highest BCUT2D eigenvalue weighted by molar-refractivity contribution is 5.85. The average molecular weight is 225 g/mol. The van der Waals surface area contributed by atoms with E-state index < -0.39 is 0 Å². The number of hydrogen-bond acceptors (Lipinski definition) is 3. The van der Waals surface area contributed by atoms with Crippen LogP contribution >= 0.6 is 24.8 Å². The Bertz CT molecular complexity index is 216. The Balaban J connectivity index is 0. The minimum Gasteiger partial charge on any atom is -0.491 e. The second-order valence-corrected chi connectivity index (χ2v) is 2.27. The van der Waals surface area contributed by atoms with Gasteiger partial charge in [0.15, 0.2) is 0 Å². The molecule has 0 aliphatic rings. The van der Waals surface area contributed by atoms with Crippen molar-refractivity contribution < 1.29 is 4.74 Å². The Morgan fingerprint density at radius 3 is 2.54 bits per heavy atom. The monoisotopic (exact) mass is 224 g/mol. The van der Waals surface area contributed by atoms with Crippen LogP contribution in [0.15, 0.2) is 18.3 Å². The lowest BCUT2D eigenvalue weighted by Crippen LogP contribution is -2.10. The molecule has 0 unspecified atom stereocenters. The molecule has 1 heterocycles. The van der Waals surface area contributed by atoms with Crippen molar-refractivity contribution in [1.82, 2.24) is 4.98 Å². The number of aromatic nitrogens is 1. The second-order valence-electron chi connectivity index (χ2n) is 2.27. The maximum Gasteiger partial charge on any atom is 0.137 e. The zero-order valence-corrected chi connectivity index (χ0v) is 9.03. The fourth-order valence-electron chi connectivity index (χ4n) is 0.716. The summed E-state index contributed by atoms with van der Waals surface area (Å²) in [5.74, 6) is 0.779. The van der Waals surface area contributed by atoms with Gasteiger partial charge < -0.3 is 10.5 Å². The topological polar surface area (TPSA) is 48.1 Å². The molecule has 0 aromatic carbocycles. The molecule has 1 aromatic heterocycles. The largest absolute Gasteiger partial charge is 0.491 e. The summed E-state index contributed by atoms with van der Waals surface area (Å²) in [5.41, 5.74) is 6.25. The number of aryl methyl sites for hydroxylation is 1. The van der Waals surface area contributed by atoms with Crippen molar-refractivity contribution in [2.45, 2.75) is 6.92 Å². The van der Waals surface area contributed by atoms with E-state index in [9.17, 15) is 0 Å². The first-order chi connectivity index (χ1) is 5.33. The highest BCUT2D eigenvalue weighted by Crippen LogP contribution is 2.07. The van der Waals surface area contributed by atoms with Crippen molar-refractivity contribution in [3.05, 3.63) is 24.0 Å². The van der Waals surface area contributed by atoms with E-state index in [4.69, 9.17) is 10.5 Å². The van der Waals surface area contributed by atoms with Crippen molar-refractivity contribution in [2.24, 2.45) is 5.73 Å². The van der Waals surface area contributed by atoms with Crippen molar-refractivity contribution in [3.63, 3.8) is 0 Å². The summed E-state index contributed by atoms with van der Waals surface area (Å²) in [6, 6.07) is 3.80. The van der Waals surface area contributed by atoms with Gasteiger partial charge in [0.2, 0.25) is 0 Å². The third-order valence-corrected chi connectivity index (χ3v) is 1.27. The van der Waals surface area contributed by atoms with E-state index in [2.05, 4.69) is 4.98 Å². The molecule has 76 valence electrons. The Kier molecular flexibility index (Phi) is 9.34. The van der Waals surface area contributed by atoms with E-state index in [1.165, 1.54) is 0 Å². The van der Waals surface area contributed by atoms with Crippen molar-refractivity contribution in [3.8, 4) is 5.75 Å². The lowest BCUT2D eigenvalue weighted by atomic mass is 10.4. The van der Waals surface area contributed by atoms with Crippen LogP contribution in [-0.2, 0) is 0 Å².